The average molecular weight is 435 g/mol. The quantitative estimate of drug-likeness (QED) is 0.487. The van der Waals surface area contributed by atoms with Crippen molar-refractivity contribution in [2.75, 3.05) is 11.9 Å². The molecule has 0 spiro atoms. The lowest BCUT2D eigenvalue weighted by molar-refractivity contribution is -0.119. The third-order valence-corrected chi connectivity index (χ3v) is 4.13. The van der Waals surface area contributed by atoms with Crippen LogP contribution in [0.25, 0.3) is 10.9 Å². The van der Waals surface area contributed by atoms with Crippen LogP contribution in [-0.2, 0) is 9.53 Å². The number of carbonyl (C=O) groups excluding carboxylic acids is 2. The summed E-state index contributed by atoms with van der Waals surface area (Å²) in [5, 5.41) is 10.1. The van der Waals surface area contributed by atoms with Crippen molar-refractivity contribution in [2.24, 2.45) is 0 Å². The summed E-state index contributed by atoms with van der Waals surface area (Å²) < 4.78 is 6.14. The van der Waals surface area contributed by atoms with Crippen molar-refractivity contribution in [1.29, 1.82) is 0 Å². The molecule has 1 aromatic heterocycles. The summed E-state index contributed by atoms with van der Waals surface area (Å²) >= 11 is 2.20. The Morgan fingerprint density at radius 2 is 2.04 bits per heavy atom. The second kappa shape index (κ2) is 7.00. The lowest BCUT2D eigenvalue weighted by atomic mass is 10.2. The van der Waals surface area contributed by atoms with Gasteiger partial charge in [-0.15, -0.1) is 0 Å². The number of H-pyrrole nitrogens is 1. The Kier molecular flexibility index (Phi) is 4.79. The van der Waals surface area contributed by atoms with E-state index in [1.54, 1.807) is 12.1 Å². The first-order chi connectivity index (χ1) is 11.5. The van der Waals surface area contributed by atoms with E-state index >= 15 is 0 Å². The minimum atomic E-state index is -0.637. The molecule has 0 fully saturated rings. The van der Waals surface area contributed by atoms with Gasteiger partial charge in [-0.3, -0.25) is 9.89 Å². The second-order valence-electron chi connectivity index (χ2n) is 5.20. The number of para-hydroxylation sites is 1. The van der Waals surface area contributed by atoms with Crippen molar-refractivity contribution in [3.63, 3.8) is 0 Å². The molecule has 0 atom stereocenters. The number of fused-ring (bicyclic) bond motifs is 1. The average Bonchev–Trinajstić information content (AvgIpc) is 2.99. The monoisotopic (exact) mass is 435 g/mol. The fourth-order valence-corrected chi connectivity index (χ4v) is 2.92. The molecule has 1 heterocycles. The summed E-state index contributed by atoms with van der Waals surface area (Å²) in [6.07, 6.45) is 0. The maximum absolute atomic E-state index is 12.1. The van der Waals surface area contributed by atoms with Crippen molar-refractivity contribution in [2.45, 2.75) is 6.92 Å². The highest BCUT2D eigenvalue weighted by molar-refractivity contribution is 14.1. The Hall–Kier alpha value is -2.42. The van der Waals surface area contributed by atoms with Gasteiger partial charge in [0.25, 0.3) is 5.91 Å². The van der Waals surface area contributed by atoms with Gasteiger partial charge >= 0.3 is 5.97 Å². The van der Waals surface area contributed by atoms with Crippen LogP contribution in [0.2, 0.25) is 0 Å². The molecule has 6 nitrogen and oxygen atoms in total. The van der Waals surface area contributed by atoms with Gasteiger partial charge in [0.05, 0.1) is 5.52 Å². The van der Waals surface area contributed by atoms with Crippen molar-refractivity contribution in [3.8, 4) is 0 Å². The lowest BCUT2D eigenvalue weighted by Gasteiger charge is -2.09. The van der Waals surface area contributed by atoms with E-state index in [-0.39, 0.29) is 12.3 Å². The van der Waals surface area contributed by atoms with Gasteiger partial charge in [0.15, 0.2) is 12.3 Å². The van der Waals surface area contributed by atoms with Gasteiger partial charge in [-0.05, 0) is 59.3 Å². The summed E-state index contributed by atoms with van der Waals surface area (Å²) in [5.41, 5.74) is 2.55. The number of rotatable bonds is 4. The molecule has 1 amide bonds. The Bertz CT molecular complexity index is 920. The highest BCUT2D eigenvalue weighted by Gasteiger charge is 2.16. The summed E-state index contributed by atoms with van der Waals surface area (Å²) in [6, 6.07) is 12.9. The smallest absolute Gasteiger partial charge is 0.359 e. The second-order valence-corrected chi connectivity index (χ2v) is 6.45. The first kappa shape index (κ1) is 16.4. The molecule has 7 heteroatoms. The molecule has 3 rings (SSSR count). The van der Waals surface area contributed by atoms with Gasteiger partial charge in [0.2, 0.25) is 0 Å². The molecule has 0 aliphatic rings. The number of nitrogens with one attached hydrogen (secondary N) is 2. The molecule has 0 saturated carbocycles. The Balaban J connectivity index is 1.62. The number of esters is 1. The molecule has 0 aliphatic carbocycles. The standard InChI is InChI=1S/C17H14IN3O3/c1-10-8-11(18)6-7-13(10)19-15(22)9-24-17(23)16-12-4-2-3-5-14(12)20-21-16/h2-8H,9H2,1H3,(H,19,22)(H,20,21). The third kappa shape index (κ3) is 3.56. The highest BCUT2D eigenvalue weighted by Crippen LogP contribution is 2.18. The molecular weight excluding hydrogens is 421 g/mol. The van der Waals surface area contributed by atoms with Crippen molar-refractivity contribution >= 4 is 51.1 Å². The van der Waals surface area contributed by atoms with Gasteiger partial charge in [-0.25, -0.2) is 4.79 Å². The van der Waals surface area contributed by atoms with Crippen LogP contribution in [-0.4, -0.2) is 28.7 Å². The molecule has 0 aliphatic heterocycles. The first-order valence-corrected chi connectivity index (χ1v) is 8.28. The van der Waals surface area contributed by atoms with E-state index in [4.69, 9.17) is 4.74 Å². The highest BCUT2D eigenvalue weighted by atomic mass is 127. The molecule has 0 bridgehead atoms. The predicted octanol–water partition coefficient (Wildman–Crippen LogP) is 3.27. The van der Waals surface area contributed by atoms with Gasteiger partial charge in [0, 0.05) is 14.6 Å². The van der Waals surface area contributed by atoms with Crippen LogP contribution in [0.1, 0.15) is 16.1 Å². The van der Waals surface area contributed by atoms with E-state index in [9.17, 15) is 9.59 Å². The minimum Gasteiger partial charge on any atom is -0.451 e. The molecule has 3 aromatic rings. The third-order valence-electron chi connectivity index (χ3n) is 3.46. The molecule has 122 valence electrons. The maximum Gasteiger partial charge on any atom is 0.359 e. The van der Waals surface area contributed by atoms with Crippen LogP contribution in [0, 0.1) is 10.5 Å². The number of amides is 1. The van der Waals surface area contributed by atoms with E-state index in [1.165, 1.54) is 0 Å². The van der Waals surface area contributed by atoms with Gasteiger partial charge < -0.3 is 10.1 Å². The van der Waals surface area contributed by atoms with Crippen LogP contribution >= 0.6 is 22.6 Å². The number of carbonyl (C=O) groups is 2. The number of hydrogen-bond donors (Lipinski definition) is 2. The molecule has 2 N–H and O–H groups in total. The number of benzene rings is 2. The lowest BCUT2D eigenvalue weighted by Crippen LogP contribution is -2.21. The van der Waals surface area contributed by atoms with Crippen LogP contribution in [0.4, 0.5) is 5.69 Å². The fourth-order valence-electron chi connectivity index (χ4n) is 2.27. The van der Waals surface area contributed by atoms with E-state index in [1.807, 2.05) is 37.3 Å². The van der Waals surface area contributed by atoms with E-state index < -0.39 is 11.9 Å². The Morgan fingerprint density at radius 3 is 2.83 bits per heavy atom. The molecule has 2 aromatic carbocycles. The largest absolute Gasteiger partial charge is 0.451 e. The molecule has 24 heavy (non-hydrogen) atoms. The molecule has 0 radical (unpaired) electrons. The Morgan fingerprint density at radius 1 is 1.25 bits per heavy atom. The van der Waals surface area contributed by atoms with Crippen molar-refractivity contribution in [3.05, 3.63) is 57.3 Å². The van der Waals surface area contributed by atoms with Crippen molar-refractivity contribution in [1.82, 2.24) is 10.2 Å². The summed E-state index contributed by atoms with van der Waals surface area (Å²) in [4.78, 5) is 24.1. The SMILES string of the molecule is Cc1cc(I)ccc1NC(=O)COC(=O)c1n[nH]c2ccccc12. The summed E-state index contributed by atoms with van der Waals surface area (Å²) in [5.74, 6) is -1.03. The summed E-state index contributed by atoms with van der Waals surface area (Å²) in [6.45, 7) is 1.53. The maximum atomic E-state index is 12.1. The zero-order valence-electron chi connectivity index (χ0n) is 12.8. The zero-order valence-corrected chi connectivity index (χ0v) is 15.0. The van der Waals surface area contributed by atoms with Crippen LogP contribution in [0.15, 0.2) is 42.5 Å². The van der Waals surface area contributed by atoms with Crippen LogP contribution in [0.3, 0.4) is 0 Å². The fraction of sp³-hybridized carbons (Fsp3) is 0.118. The number of halogens is 1. The molecule has 0 unspecified atom stereocenters. The van der Waals surface area contributed by atoms with E-state index in [0.717, 1.165) is 14.7 Å². The number of anilines is 1. The number of nitrogens with zero attached hydrogens (tertiary/aromatic N) is 1. The number of ether oxygens (including phenoxy) is 1. The number of aryl methyl sites for hydroxylation is 1. The number of aromatic amines is 1. The van der Waals surface area contributed by atoms with Gasteiger partial charge in [-0.1, -0.05) is 18.2 Å². The minimum absolute atomic E-state index is 0.170. The Labute approximate surface area is 151 Å². The van der Waals surface area contributed by atoms with Crippen molar-refractivity contribution < 1.29 is 14.3 Å². The number of aromatic nitrogens is 2. The van der Waals surface area contributed by atoms with E-state index in [2.05, 4.69) is 38.1 Å². The van der Waals surface area contributed by atoms with Crippen LogP contribution < -0.4 is 5.32 Å². The first-order valence-electron chi connectivity index (χ1n) is 7.21. The molecule has 0 saturated heterocycles. The predicted molar refractivity (Wildman–Crippen MR) is 98.9 cm³/mol. The van der Waals surface area contributed by atoms with Gasteiger partial charge in [0.1, 0.15) is 0 Å². The normalized spacial score (nSPS) is 10.6. The number of hydrogen-bond acceptors (Lipinski definition) is 4. The van der Waals surface area contributed by atoms with E-state index in [0.29, 0.717) is 11.1 Å². The van der Waals surface area contributed by atoms with Crippen LogP contribution in [0.5, 0.6) is 0 Å². The molecular formula is C17H14IN3O3. The topological polar surface area (TPSA) is 84.1 Å². The van der Waals surface area contributed by atoms with Gasteiger partial charge in [-0.2, -0.15) is 5.10 Å². The summed E-state index contributed by atoms with van der Waals surface area (Å²) in [7, 11) is 0. The zero-order chi connectivity index (χ0) is 17.1.